The van der Waals surface area contributed by atoms with Crippen LogP contribution in [0.2, 0.25) is 0 Å². The van der Waals surface area contributed by atoms with Crippen LogP contribution < -0.4 is 15.8 Å². The normalized spacial score (nSPS) is 19.6. The monoisotopic (exact) mass is 461 g/mol. The van der Waals surface area contributed by atoms with Gasteiger partial charge < -0.3 is 25.6 Å². The third-order valence-electron chi connectivity index (χ3n) is 4.42. The maximum atomic E-state index is 12.8. The molecule has 4 N–H and O–H groups in total. The molecule has 0 saturated carbocycles. The van der Waals surface area contributed by atoms with E-state index in [1.807, 2.05) is 0 Å². The van der Waals surface area contributed by atoms with Crippen LogP contribution in [-0.4, -0.2) is 56.1 Å². The highest BCUT2D eigenvalue weighted by molar-refractivity contribution is 7.91. The minimum Gasteiger partial charge on any atom is -0.404 e. The number of sulfone groups is 1. The van der Waals surface area contributed by atoms with Crippen molar-refractivity contribution in [3.63, 3.8) is 0 Å². The minimum absolute atomic E-state index is 0.0786. The predicted octanol–water partition coefficient (Wildman–Crippen LogP) is 1.27. The number of hydrogen-bond acceptors (Lipinski definition) is 8. The Balaban J connectivity index is 1.88. The Morgan fingerprint density at radius 3 is 2.68 bits per heavy atom. The number of alkyl halides is 3. The van der Waals surface area contributed by atoms with Gasteiger partial charge in [-0.3, -0.25) is 4.79 Å². The number of ether oxygens (including phenoxy) is 2. The van der Waals surface area contributed by atoms with Gasteiger partial charge in [-0.15, -0.1) is 13.2 Å². The third kappa shape index (κ3) is 5.24. The van der Waals surface area contributed by atoms with Gasteiger partial charge in [0.05, 0.1) is 29.3 Å². The summed E-state index contributed by atoms with van der Waals surface area (Å²) in [5.41, 5.74) is 5.15. The van der Waals surface area contributed by atoms with Gasteiger partial charge in [-0.2, -0.15) is 0 Å². The molecule has 1 aliphatic heterocycles. The lowest BCUT2D eigenvalue weighted by Crippen LogP contribution is -2.49. The van der Waals surface area contributed by atoms with Crippen molar-refractivity contribution in [3.05, 3.63) is 42.2 Å². The van der Waals surface area contributed by atoms with Crippen LogP contribution >= 0.6 is 0 Å². The molecule has 31 heavy (non-hydrogen) atoms. The van der Waals surface area contributed by atoms with Crippen LogP contribution in [0.4, 0.5) is 18.9 Å². The molecule has 13 heteroatoms. The summed E-state index contributed by atoms with van der Waals surface area (Å²) < 4.78 is 72.5. The first-order chi connectivity index (χ1) is 14.5. The van der Waals surface area contributed by atoms with Crippen molar-refractivity contribution >= 4 is 21.4 Å². The summed E-state index contributed by atoms with van der Waals surface area (Å²) in [5, 5.41) is 12.4. The van der Waals surface area contributed by atoms with Crippen molar-refractivity contribution in [1.29, 1.82) is 0 Å². The number of nitrogens with two attached hydrogens (primary N) is 1. The molecule has 168 valence electrons. The number of nitrogen functional groups attached to an aromatic ring is 1. The molecular formula is C18H18F3N3O6S. The van der Waals surface area contributed by atoms with Gasteiger partial charge in [0.1, 0.15) is 10.6 Å². The molecule has 2 atom stereocenters. The number of halogens is 3. The van der Waals surface area contributed by atoms with Gasteiger partial charge in [-0.1, -0.05) is 12.1 Å². The summed E-state index contributed by atoms with van der Waals surface area (Å²) in [4.78, 5) is 14.9. The first kappa shape index (κ1) is 22.8. The number of carbonyl (C=O) groups excluding carboxylic acids is 1. The second-order valence-electron chi connectivity index (χ2n) is 6.62. The maximum Gasteiger partial charge on any atom is 0.573 e. The summed E-state index contributed by atoms with van der Waals surface area (Å²) in [6.45, 7) is 0.426. The molecule has 0 radical (unpaired) electrons. The summed E-state index contributed by atoms with van der Waals surface area (Å²) in [6, 6.07) is 4.43. The Bertz CT molecular complexity index is 1080. The first-order valence-corrected chi connectivity index (χ1v) is 10.4. The summed E-state index contributed by atoms with van der Waals surface area (Å²) in [6.07, 6.45) is -4.80. The molecular weight excluding hydrogens is 443 g/mol. The predicted molar refractivity (Wildman–Crippen MR) is 99.9 cm³/mol. The van der Waals surface area contributed by atoms with E-state index < -0.39 is 49.8 Å². The first-order valence-electron chi connectivity index (χ1n) is 8.91. The molecule has 1 aromatic heterocycles. The fourth-order valence-corrected chi connectivity index (χ4v) is 4.27. The highest BCUT2D eigenvalue weighted by Crippen LogP contribution is 2.33. The molecule has 9 nitrogen and oxygen atoms in total. The lowest BCUT2D eigenvalue weighted by atomic mass is 10.1. The van der Waals surface area contributed by atoms with E-state index in [1.165, 1.54) is 12.1 Å². The number of aliphatic hydroxyl groups excluding tert-OH is 1. The number of rotatable bonds is 5. The molecule has 1 amide bonds. The molecule has 2 unspecified atom stereocenters. The Hall–Kier alpha value is -2.90. The second kappa shape index (κ2) is 8.69. The Morgan fingerprint density at radius 1 is 1.32 bits per heavy atom. The number of pyridine rings is 1. The van der Waals surface area contributed by atoms with Crippen molar-refractivity contribution in [2.45, 2.75) is 34.7 Å². The number of amides is 1. The van der Waals surface area contributed by atoms with E-state index >= 15 is 0 Å². The van der Waals surface area contributed by atoms with Crippen molar-refractivity contribution in [2.75, 3.05) is 18.9 Å². The van der Waals surface area contributed by atoms with Gasteiger partial charge in [0.25, 0.3) is 5.91 Å². The molecule has 0 bridgehead atoms. The molecule has 1 aliphatic rings. The minimum atomic E-state index is -5.10. The van der Waals surface area contributed by atoms with Gasteiger partial charge in [0.2, 0.25) is 9.84 Å². The quantitative estimate of drug-likeness (QED) is 0.605. The largest absolute Gasteiger partial charge is 0.573 e. The van der Waals surface area contributed by atoms with Crippen LogP contribution in [0.3, 0.4) is 0 Å². The van der Waals surface area contributed by atoms with Crippen LogP contribution in [-0.2, 0) is 14.6 Å². The average molecular weight is 461 g/mol. The lowest BCUT2D eigenvalue weighted by Gasteiger charge is -2.28. The Labute approximate surface area is 174 Å². The van der Waals surface area contributed by atoms with Crippen LogP contribution in [0.1, 0.15) is 16.9 Å². The van der Waals surface area contributed by atoms with Crippen LogP contribution in [0.15, 0.2) is 46.3 Å². The number of anilines is 1. The lowest BCUT2D eigenvalue weighted by molar-refractivity contribution is -0.275. The summed E-state index contributed by atoms with van der Waals surface area (Å²) >= 11 is 0. The molecule has 0 aliphatic carbocycles. The maximum absolute atomic E-state index is 12.8. The summed E-state index contributed by atoms with van der Waals surface area (Å²) in [7, 11) is -4.50. The number of hydrogen-bond donors (Lipinski definition) is 3. The highest BCUT2D eigenvalue weighted by Gasteiger charge is 2.35. The Morgan fingerprint density at radius 2 is 2.03 bits per heavy atom. The smallest absolute Gasteiger partial charge is 0.404 e. The van der Waals surface area contributed by atoms with Crippen molar-refractivity contribution in [3.8, 4) is 5.75 Å². The van der Waals surface area contributed by atoms with Crippen molar-refractivity contribution in [1.82, 2.24) is 10.3 Å². The second-order valence-corrected chi connectivity index (χ2v) is 8.54. The third-order valence-corrected chi connectivity index (χ3v) is 6.18. The zero-order valence-corrected chi connectivity index (χ0v) is 16.6. The van der Waals surface area contributed by atoms with Crippen LogP contribution in [0.25, 0.3) is 0 Å². The number of nitrogens with zero attached hydrogens (tertiary/aromatic N) is 1. The zero-order valence-electron chi connectivity index (χ0n) is 15.8. The van der Waals surface area contributed by atoms with E-state index in [1.54, 1.807) is 0 Å². The van der Waals surface area contributed by atoms with E-state index in [4.69, 9.17) is 10.5 Å². The number of nitrogens with one attached hydrogen (secondary N) is 1. The van der Waals surface area contributed by atoms with Gasteiger partial charge in [-0.25, -0.2) is 13.4 Å². The fourth-order valence-electron chi connectivity index (χ4n) is 2.91. The molecule has 0 spiro atoms. The fraction of sp³-hybridized carbons (Fsp3) is 0.333. The number of aromatic nitrogens is 1. The zero-order chi connectivity index (χ0) is 22.8. The van der Waals surface area contributed by atoms with Gasteiger partial charge >= 0.3 is 6.36 Å². The topological polar surface area (TPSA) is 141 Å². The van der Waals surface area contributed by atoms with E-state index in [9.17, 15) is 31.5 Å². The van der Waals surface area contributed by atoms with Crippen molar-refractivity contribution in [2.24, 2.45) is 0 Å². The Kier molecular flexibility index (Phi) is 6.38. The highest BCUT2D eigenvalue weighted by atomic mass is 32.2. The average Bonchev–Trinajstić information content (AvgIpc) is 2.68. The summed E-state index contributed by atoms with van der Waals surface area (Å²) in [5.74, 6) is -1.68. The number of aliphatic hydroxyl groups is 1. The molecule has 1 aromatic carbocycles. The number of para-hydroxylation sites is 1. The SMILES string of the molecule is Nc1cc(S(=O)(=O)c2ccccc2OC(F)(F)F)cnc1C(=O)NC1COCCC1O. The molecule has 3 rings (SSSR count). The van der Waals surface area contributed by atoms with E-state index in [0.29, 0.717) is 13.0 Å². The van der Waals surface area contributed by atoms with E-state index in [-0.39, 0.29) is 18.0 Å². The standard InChI is InChI=1S/C18H18F3N3O6S/c19-18(20,21)30-14-3-1-2-4-15(14)31(27,28)10-7-11(22)16(23-8-10)17(26)24-12-9-29-6-5-13(12)25/h1-4,7-8,12-13,25H,5-6,9,22H2,(H,24,26). The number of carbonyl (C=O) groups is 1. The molecule has 1 saturated heterocycles. The number of benzene rings is 1. The van der Waals surface area contributed by atoms with Crippen molar-refractivity contribution < 1.29 is 41.0 Å². The van der Waals surface area contributed by atoms with Gasteiger partial charge in [0, 0.05) is 12.8 Å². The van der Waals surface area contributed by atoms with Crippen LogP contribution in [0, 0.1) is 0 Å². The van der Waals surface area contributed by atoms with E-state index in [0.717, 1.165) is 24.4 Å². The molecule has 2 aromatic rings. The molecule has 1 fully saturated rings. The van der Waals surface area contributed by atoms with E-state index in [2.05, 4.69) is 15.0 Å². The van der Waals surface area contributed by atoms with Crippen LogP contribution in [0.5, 0.6) is 5.75 Å². The van der Waals surface area contributed by atoms with Gasteiger partial charge in [0.15, 0.2) is 5.69 Å². The van der Waals surface area contributed by atoms with Gasteiger partial charge in [-0.05, 0) is 24.6 Å². The molecule has 2 heterocycles.